The number of carbonyl (C=O) groups excluding carboxylic acids is 1. The fraction of sp³-hybridized carbons (Fsp3) is 0.0833. The number of carbonyl (C=O) groups is 1. The third-order valence-corrected chi connectivity index (χ3v) is 5.89. The Kier molecular flexibility index (Phi) is 8.61. The summed E-state index contributed by atoms with van der Waals surface area (Å²) in [6.07, 6.45) is 1.47. The number of ether oxygens (including phenoxy) is 2. The van der Waals surface area contributed by atoms with Crippen molar-refractivity contribution in [1.29, 1.82) is 5.26 Å². The maximum atomic E-state index is 12.6. The van der Waals surface area contributed by atoms with E-state index in [1.807, 2.05) is 6.07 Å². The monoisotopic (exact) mass is 633 g/mol. The molecule has 10 heteroatoms. The smallest absolute Gasteiger partial charge is 0.269 e. The minimum absolute atomic E-state index is 0.00418. The van der Waals surface area contributed by atoms with Gasteiger partial charge in [0.05, 0.1) is 15.6 Å². The van der Waals surface area contributed by atoms with Crippen molar-refractivity contribution in [3.8, 4) is 17.6 Å². The maximum Gasteiger partial charge on any atom is 0.269 e. The number of hydrogen-bond donors (Lipinski definition) is 1. The Morgan fingerprint density at radius 1 is 1.21 bits per heavy atom. The van der Waals surface area contributed by atoms with Gasteiger partial charge in [-0.05, 0) is 88.3 Å². The van der Waals surface area contributed by atoms with E-state index in [0.717, 1.165) is 10.0 Å². The first kappa shape index (κ1) is 25.2. The van der Waals surface area contributed by atoms with Gasteiger partial charge in [-0.25, -0.2) is 0 Å². The maximum absolute atomic E-state index is 12.6. The highest BCUT2D eigenvalue weighted by molar-refractivity contribution is 14.1. The predicted octanol–water partition coefficient (Wildman–Crippen LogP) is 6.10. The molecule has 8 nitrogen and oxygen atoms in total. The molecule has 0 aliphatic rings. The molecule has 3 aromatic carbocycles. The summed E-state index contributed by atoms with van der Waals surface area (Å²) in [4.78, 5) is 22.9. The Morgan fingerprint density at radius 3 is 2.47 bits per heavy atom. The second-order valence-corrected chi connectivity index (χ2v) is 8.96. The molecule has 1 amide bonds. The molecule has 1 N–H and O–H groups in total. The van der Waals surface area contributed by atoms with Gasteiger partial charge >= 0.3 is 0 Å². The number of methoxy groups -OCH3 is 1. The number of nitro groups is 1. The number of amides is 1. The Bertz CT molecular complexity index is 1290. The summed E-state index contributed by atoms with van der Waals surface area (Å²) in [6.45, 7) is 0.179. The molecule has 0 unspecified atom stereocenters. The summed E-state index contributed by atoms with van der Waals surface area (Å²) in [5.74, 6) is 0.374. The highest BCUT2D eigenvalue weighted by Crippen LogP contribution is 2.35. The van der Waals surface area contributed by atoms with E-state index in [-0.39, 0.29) is 17.9 Å². The summed E-state index contributed by atoms with van der Waals surface area (Å²) >= 11 is 5.41. The molecule has 0 atom stereocenters. The number of rotatable bonds is 8. The third kappa shape index (κ3) is 6.55. The first-order valence-electron chi connectivity index (χ1n) is 9.73. The fourth-order valence-corrected chi connectivity index (χ4v) is 3.92. The van der Waals surface area contributed by atoms with Gasteiger partial charge < -0.3 is 14.8 Å². The van der Waals surface area contributed by atoms with E-state index in [1.54, 1.807) is 48.5 Å². The van der Waals surface area contributed by atoms with Crippen molar-refractivity contribution in [2.45, 2.75) is 6.61 Å². The van der Waals surface area contributed by atoms with Crippen LogP contribution in [0.5, 0.6) is 11.5 Å². The average molecular weight is 634 g/mol. The number of nitrogens with zero attached hydrogens (tertiary/aromatic N) is 2. The van der Waals surface area contributed by atoms with Crippen molar-refractivity contribution in [1.82, 2.24) is 0 Å². The van der Waals surface area contributed by atoms with Crippen molar-refractivity contribution < 1.29 is 19.2 Å². The van der Waals surface area contributed by atoms with Gasteiger partial charge in [0.2, 0.25) is 0 Å². The van der Waals surface area contributed by atoms with E-state index in [1.165, 1.54) is 25.3 Å². The summed E-state index contributed by atoms with van der Waals surface area (Å²) in [5, 5.41) is 23.0. The van der Waals surface area contributed by atoms with Crippen molar-refractivity contribution in [3.63, 3.8) is 0 Å². The van der Waals surface area contributed by atoms with Crippen LogP contribution >= 0.6 is 38.5 Å². The second-order valence-electron chi connectivity index (χ2n) is 6.88. The van der Waals surface area contributed by atoms with Gasteiger partial charge in [0.1, 0.15) is 18.2 Å². The Hall–Kier alpha value is -3.43. The van der Waals surface area contributed by atoms with E-state index in [2.05, 4.69) is 43.8 Å². The van der Waals surface area contributed by atoms with Gasteiger partial charge in [-0.3, -0.25) is 14.9 Å². The van der Waals surface area contributed by atoms with Gasteiger partial charge in [0.25, 0.3) is 11.6 Å². The molecular formula is C24H17BrIN3O5. The Morgan fingerprint density at radius 2 is 1.88 bits per heavy atom. The molecule has 3 aromatic rings. The number of hydrogen-bond acceptors (Lipinski definition) is 6. The quantitative estimate of drug-likeness (QED) is 0.105. The van der Waals surface area contributed by atoms with Crippen LogP contribution in [0.25, 0.3) is 6.08 Å². The molecule has 0 aliphatic heterocycles. The molecule has 0 bridgehead atoms. The average Bonchev–Trinajstić information content (AvgIpc) is 2.83. The number of nitro benzene ring substituents is 1. The Balaban J connectivity index is 1.78. The van der Waals surface area contributed by atoms with Gasteiger partial charge in [0, 0.05) is 22.3 Å². The number of anilines is 1. The molecule has 0 saturated heterocycles. The molecule has 0 spiro atoms. The minimum Gasteiger partial charge on any atom is -0.493 e. The van der Waals surface area contributed by atoms with E-state index < -0.39 is 10.8 Å². The van der Waals surface area contributed by atoms with Gasteiger partial charge in [-0.2, -0.15) is 5.26 Å². The van der Waals surface area contributed by atoms with E-state index >= 15 is 0 Å². The molecule has 0 aromatic heterocycles. The van der Waals surface area contributed by atoms with Crippen LogP contribution in [-0.4, -0.2) is 17.9 Å². The molecule has 34 heavy (non-hydrogen) atoms. The van der Waals surface area contributed by atoms with Crippen LogP contribution in [0, 0.1) is 25.0 Å². The largest absolute Gasteiger partial charge is 0.493 e. The molecular weight excluding hydrogens is 617 g/mol. The highest BCUT2D eigenvalue weighted by atomic mass is 127. The normalized spacial score (nSPS) is 10.8. The fourth-order valence-electron chi connectivity index (χ4n) is 2.88. The minimum atomic E-state index is -0.530. The summed E-state index contributed by atoms with van der Waals surface area (Å²) < 4.78 is 12.9. The van der Waals surface area contributed by atoms with Crippen molar-refractivity contribution in [2.24, 2.45) is 0 Å². The zero-order valence-electron chi connectivity index (χ0n) is 17.7. The van der Waals surface area contributed by atoms with Crippen molar-refractivity contribution in [2.75, 3.05) is 12.4 Å². The van der Waals surface area contributed by atoms with Crippen molar-refractivity contribution >= 4 is 61.9 Å². The van der Waals surface area contributed by atoms with Crippen LogP contribution in [0.2, 0.25) is 0 Å². The second kappa shape index (κ2) is 11.6. The SMILES string of the molecule is COc1cc(/C=C(/C#N)C(=O)Nc2ccc(Br)cc2)cc(I)c1OCc1ccc([N+](=O)[O-])cc1. The van der Waals surface area contributed by atoms with E-state index in [9.17, 15) is 20.2 Å². The topological polar surface area (TPSA) is 114 Å². The lowest BCUT2D eigenvalue weighted by Crippen LogP contribution is -2.13. The Labute approximate surface area is 217 Å². The zero-order valence-corrected chi connectivity index (χ0v) is 21.5. The van der Waals surface area contributed by atoms with E-state index in [0.29, 0.717) is 26.3 Å². The first-order chi connectivity index (χ1) is 16.3. The lowest BCUT2D eigenvalue weighted by atomic mass is 10.1. The number of nitrogens with one attached hydrogen (secondary N) is 1. The lowest BCUT2D eigenvalue weighted by molar-refractivity contribution is -0.384. The van der Waals surface area contributed by atoms with Crippen LogP contribution in [0.15, 0.2) is 70.7 Å². The zero-order chi connectivity index (χ0) is 24.7. The van der Waals surface area contributed by atoms with Gasteiger partial charge in [-0.15, -0.1) is 0 Å². The molecule has 0 heterocycles. The molecule has 3 rings (SSSR count). The molecule has 0 fully saturated rings. The van der Waals surface area contributed by atoms with Crippen molar-refractivity contribution in [3.05, 3.63) is 95.5 Å². The molecule has 0 saturated carbocycles. The van der Waals surface area contributed by atoms with Crippen LogP contribution in [-0.2, 0) is 11.4 Å². The number of nitriles is 1. The van der Waals surface area contributed by atoms with Crippen LogP contribution in [0.4, 0.5) is 11.4 Å². The van der Waals surface area contributed by atoms with Crippen LogP contribution in [0.1, 0.15) is 11.1 Å². The van der Waals surface area contributed by atoms with Crippen LogP contribution < -0.4 is 14.8 Å². The van der Waals surface area contributed by atoms with Gasteiger partial charge in [-0.1, -0.05) is 15.9 Å². The number of halogens is 2. The highest BCUT2D eigenvalue weighted by Gasteiger charge is 2.15. The standard InChI is InChI=1S/C24H17BrIN3O5/c1-33-22-12-16(10-17(13-27)24(30)28-19-6-4-18(25)5-7-19)11-21(26)23(22)34-14-15-2-8-20(9-3-15)29(31)32/h2-12H,14H2,1H3,(H,28,30)/b17-10-. The lowest BCUT2D eigenvalue weighted by Gasteiger charge is -2.14. The number of non-ortho nitro benzene ring substituents is 1. The summed E-state index contributed by atoms with van der Waals surface area (Å²) in [6, 6.07) is 18.4. The molecule has 172 valence electrons. The van der Waals surface area contributed by atoms with E-state index in [4.69, 9.17) is 9.47 Å². The number of benzene rings is 3. The first-order valence-corrected chi connectivity index (χ1v) is 11.6. The molecule has 0 radical (unpaired) electrons. The predicted molar refractivity (Wildman–Crippen MR) is 140 cm³/mol. The summed E-state index contributed by atoms with van der Waals surface area (Å²) in [7, 11) is 1.49. The summed E-state index contributed by atoms with van der Waals surface area (Å²) in [5.41, 5.74) is 1.84. The molecule has 0 aliphatic carbocycles. The van der Waals surface area contributed by atoms with Gasteiger partial charge in [0.15, 0.2) is 11.5 Å². The third-order valence-electron chi connectivity index (χ3n) is 4.56. The van der Waals surface area contributed by atoms with Crippen LogP contribution in [0.3, 0.4) is 0 Å².